The molecule has 0 aliphatic heterocycles. The summed E-state index contributed by atoms with van der Waals surface area (Å²) in [5.41, 5.74) is -0.263. The third-order valence-corrected chi connectivity index (χ3v) is 3.95. The molecule has 3 heterocycles. The first kappa shape index (κ1) is 15.6. The SMILES string of the molecule is Cc1nc([N+](=O)[O-])cn1CCn1cnc2c1c(=O)n(C)c(=O)n2C. The number of imidazole rings is 2. The van der Waals surface area contributed by atoms with E-state index in [2.05, 4.69) is 9.97 Å². The third-order valence-electron chi connectivity index (χ3n) is 3.95. The summed E-state index contributed by atoms with van der Waals surface area (Å²) in [6.07, 6.45) is 2.83. The normalized spacial score (nSPS) is 11.3. The number of aromatic nitrogens is 6. The maximum Gasteiger partial charge on any atom is 0.381 e. The lowest BCUT2D eigenvalue weighted by Gasteiger charge is -2.07. The minimum absolute atomic E-state index is 0.221. The predicted molar refractivity (Wildman–Crippen MR) is 83.8 cm³/mol. The molecule has 0 saturated carbocycles. The molecule has 0 radical (unpaired) electrons. The van der Waals surface area contributed by atoms with Crippen LogP contribution in [0, 0.1) is 17.0 Å². The molecule has 0 bridgehead atoms. The van der Waals surface area contributed by atoms with Gasteiger partial charge in [0.1, 0.15) is 6.20 Å². The Morgan fingerprint density at radius 2 is 1.83 bits per heavy atom. The van der Waals surface area contributed by atoms with Gasteiger partial charge in [-0.1, -0.05) is 0 Å². The summed E-state index contributed by atoms with van der Waals surface area (Å²) in [5.74, 6) is 0.285. The van der Waals surface area contributed by atoms with Crippen LogP contribution >= 0.6 is 0 Å². The lowest BCUT2D eigenvalue weighted by atomic mass is 10.4. The summed E-state index contributed by atoms with van der Waals surface area (Å²) in [4.78, 5) is 42.4. The Morgan fingerprint density at radius 1 is 1.17 bits per heavy atom. The number of hydrogen-bond donors (Lipinski definition) is 0. The largest absolute Gasteiger partial charge is 0.381 e. The summed E-state index contributed by atoms with van der Waals surface area (Å²) in [6.45, 7) is 2.41. The lowest BCUT2D eigenvalue weighted by Crippen LogP contribution is -2.37. The summed E-state index contributed by atoms with van der Waals surface area (Å²) in [6, 6.07) is 0. The molecule has 3 aromatic heterocycles. The third kappa shape index (κ3) is 2.30. The molecule has 0 N–H and O–H groups in total. The Balaban J connectivity index is 1.99. The van der Waals surface area contributed by atoms with Crippen LogP contribution in [0.5, 0.6) is 0 Å². The Bertz CT molecular complexity index is 1070. The fraction of sp³-hybridized carbons (Fsp3) is 0.385. The molecule has 0 amide bonds. The van der Waals surface area contributed by atoms with Crippen molar-refractivity contribution in [2.24, 2.45) is 14.1 Å². The highest BCUT2D eigenvalue weighted by atomic mass is 16.6. The van der Waals surface area contributed by atoms with Gasteiger partial charge in [0, 0.05) is 34.1 Å². The van der Waals surface area contributed by atoms with Crippen molar-refractivity contribution in [3.63, 3.8) is 0 Å². The van der Waals surface area contributed by atoms with Gasteiger partial charge >= 0.3 is 11.5 Å². The van der Waals surface area contributed by atoms with E-state index in [4.69, 9.17) is 0 Å². The smallest absolute Gasteiger partial charge is 0.358 e. The van der Waals surface area contributed by atoms with Gasteiger partial charge in [-0.2, -0.15) is 0 Å². The highest BCUT2D eigenvalue weighted by molar-refractivity contribution is 5.69. The van der Waals surface area contributed by atoms with Crippen molar-refractivity contribution in [2.75, 3.05) is 0 Å². The predicted octanol–water partition coefficient (Wildman–Crippen LogP) is -0.453. The van der Waals surface area contributed by atoms with E-state index < -0.39 is 16.2 Å². The average Bonchev–Trinajstić information content (AvgIpc) is 3.12. The number of fused-ring (bicyclic) bond motifs is 1. The highest BCUT2D eigenvalue weighted by Gasteiger charge is 2.17. The highest BCUT2D eigenvalue weighted by Crippen LogP contribution is 2.11. The maximum atomic E-state index is 12.3. The van der Waals surface area contributed by atoms with E-state index in [1.807, 2.05) is 0 Å². The van der Waals surface area contributed by atoms with Crippen molar-refractivity contribution >= 4 is 17.0 Å². The van der Waals surface area contributed by atoms with E-state index in [0.717, 1.165) is 4.57 Å². The molecule has 126 valence electrons. The van der Waals surface area contributed by atoms with Crippen LogP contribution in [0.2, 0.25) is 0 Å². The topological polar surface area (TPSA) is 123 Å². The Morgan fingerprint density at radius 3 is 2.46 bits per heavy atom. The fourth-order valence-electron chi connectivity index (χ4n) is 2.59. The van der Waals surface area contributed by atoms with E-state index >= 15 is 0 Å². The molecule has 0 spiro atoms. The van der Waals surface area contributed by atoms with Crippen LogP contribution in [0.1, 0.15) is 5.82 Å². The zero-order chi connectivity index (χ0) is 17.6. The summed E-state index contributed by atoms with van der Waals surface area (Å²) < 4.78 is 5.59. The average molecular weight is 333 g/mol. The van der Waals surface area contributed by atoms with Gasteiger partial charge in [0.25, 0.3) is 5.56 Å². The Kier molecular flexibility index (Phi) is 3.55. The molecule has 11 heteroatoms. The summed E-state index contributed by atoms with van der Waals surface area (Å²) in [7, 11) is 2.95. The quantitative estimate of drug-likeness (QED) is 0.470. The van der Waals surface area contributed by atoms with Crippen molar-refractivity contribution < 1.29 is 4.92 Å². The first-order chi connectivity index (χ1) is 11.3. The molecule has 0 atom stereocenters. The van der Waals surface area contributed by atoms with Gasteiger partial charge in [-0.25, -0.2) is 9.78 Å². The Hall–Kier alpha value is -3.24. The van der Waals surface area contributed by atoms with Gasteiger partial charge < -0.3 is 19.2 Å². The van der Waals surface area contributed by atoms with E-state index in [1.54, 1.807) is 23.1 Å². The number of rotatable bonds is 4. The van der Waals surface area contributed by atoms with E-state index in [1.165, 1.54) is 24.1 Å². The molecule has 0 unspecified atom stereocenters. The van der Waals surface area contributed by atoms with Crippen LogP contribution < -0.4 is 11.2 Å². The van der Waals surface area contributed by atoms with Gasteiger partial charge in [0.15, 0.2) is 11.2 Å². The summed E-state index contributed by atoms with van der Waals surface area (Å²) in [5, 5.41) is 10.8. The lowest BCUT2D eigenvalue weighted by molar-refractivity contribution is -0.389. The van der Waals surface area contributed by atoms with Crippen LogP contribution in [-0.4, -0.2) is 33.2 Å². The molecule has 3 aromatic rings. The van der Waals surface area contributed by atoms with Crippen LogP contribution in [0.25, 0.3) is 11.2 Å². The van der Waals surface area contributed by atoms with Crippen molar-refractivity contribution in [3.05, 3.63) is 49.3 Å². The second-order valence-corrected chi connectivity index (χ2v) is 5.41. The van der Waals surface area contributed by atoms with Gasteiger partial charge in [-0.3, -0.25) is 13.9 Å². The fourth-order valence-corrected chi connectivity index (χ4v) is 2.59. The monoisotopic (exact) mass is 333 g/mol. The van der Waals surface area contributed by atoms with Crippen LogP contribution in [0.3, 0.4) is 0 Å². The second kappa shape index (κ2) is 5.44. The standard InChI is InChI=1S/C13H15N7O4/c1-8-15-9(20(23)24)6-18(8)4-5-19-7-14-11-10(19)12(21)17(3)13(22)16(11)2/h6-7H,4-5H2,1-3H3. The van der Waals surface area contributed by atoms with E-state index in [-0.39, 0.29) is 5.82 Å². The molecule has 3 rings (SSSR count). The minimum Gasteiger partial charge on any atom is -0.358 e. The number of aryl methyl sites for hydroxylation is 4. The number of nitrogens with zero attached hydrogens (tertiary/aromatic N) is 7. The van der Waals surface area contributed by atoms with E-state index in [0.29, 0.717) is 30.1 Å². The Labute approximate surface area is 134 Å². The second-order valence-electron chi connectivity index (χ2n) is 5.41. The zero-order valence-electron chi connectivity index (χ0n) is 13.3. The molecule has 11 nitrogen and oxygen atoms in total. The van der Waals surface area contributed by atoms with Crippen molar-refractivity contribution in [1.82, 2.24) is 28.2 Å². The maximum absolute atomic E-state index is 12.3. The van der Waals surface area contributed by atoms with Crippen molar-refractivity contribution in [1.29, 1.82) is 0 Å². The first-order valence-corrected chi connectivity index (χ1v) is 7.10. The molecule has 0 aliphatic rings. The van der Waals surface area contributed by atoms with Crippen molar-refractivity contribution in [3.8, 4) is 0 Å². The van der Waals surface area contributed by atoms with Gasteiger partial charge in [-0.05, 0) is 9.91 Å². The molecular weight excluding hydrogens is 318 g/mol. The minimum atomic E-state index is -0.554. The number of nitro groups is 1. The van der Waals surface area contributed by atoms with Gasteiger partial charge in [0.05, 0.1) is 6.33 Å². The molecule has 0 saturated heterocycles. The molecule has 0 aromatic carbocycles. The van der Waals surface area contributed by atoms with Crippen LogP contribution in [0.15, 0.2) is 22.1 Å². The van der Waals surface area contributed by atoms with E-state index in [9.17, 15) is 19.7 Å². The van der Waals surface area contributed by atoms with Gasteiger partial charge in [-0.15, -0.1) is 0 Å². The first-order valence-electron chi connectivity index (χ1n) is 7.10. The van der Waals surface area contributed by atoms with Crippen LogP contribution in [-0.2, 0) is 27.2 Å². The molecule has 0 aliphatic carbocycles. The van der Waals surface area contributed by atoms with Gasteiger partial charge in [0.2, 0.25) is 5.82 Å². The number of hydrogen-bond acceptors (Lipinski definition) is 6. The zero-order valence-corrected chi connectivity index (χ0v) is 13.3. The molecular formula is C13H15N7O4. The molecule has 0 fully saturated rings. The molecule has 24 heavy (non-hydrogen) atoms. The summed E-state index contributed by atoms with van der Waals surface area (Å²) >= 11 is 0. The van der Waals surface area contributed by atoms with Crippen molar-refractivity contribution in [2.45, 2.75) is 20.0 Å². The van der Waals surface area contributed by atoms with Crippen LogP contribution in [0.4, 0.5) is 5.82 Å².